The Balaban J connectivity index is 1.69. The molecule has 6 unspecified atom stereocenters. The Labute approximate surface area is 335 Å². The van der Waals surface area contributed by atoms with Gasteiger partial charge in [0, 0.05) is 44.2 Å². The molecule has 5 rings (SSSR count). The molecule has 14 heteroatoms. The minimum atomic E-state index is -1.49. The van der Waals surface area contributed by atoms with Gasteiger partial charge in [-0.3, -0.25) is 4.90 Å². The third kappa shape index (κ3) is 10.5. The number of hydrogen-bond acceptors (Lipinski definition) is 12. The lowest BCUT2D eigenvalue weighted by atomic mass is 9.55. The highest BCUT2D eigenvalue weighted by Crippen LogP contribution is 2.62. The van der Waals surface area contributed by atoms with Gasteiger partial charge >= 0.3 is 12.2 Å². The van der Waals surface area contributed by atoms with Crippen LogP contribution >= 0.6 is 0 Å². The lowest BCUT2D eigenvalue weighted by molar-refractivity contribution is -0.255. The second-order valence-electron chi connectivity index (χ2n) is 14.4. The molecular formula is C43H59N3O11. The van der Waals surface area contributed by atoms with Crippen molar-refractivity contribution < 1.29 is 53.4 Å². The number of carbonyl (C=O) groups is 2. The number of rotatable bonds is 22. The van der Waals surface area contributed by atoms with Crippen LogP contribution in [0.15, 0.2) is 78.0 Å². The van der Waals surface area contributed by atoms with Crippen LogP contribution in [0.25, 0.3) is 0 Å². The van der Waals surface area contributed by atoms with Gasteiger partial charge in [-0.05, 0) is 73.8 Å². The number of aliphatic hydroxyl groups excluding tert-OH is 3. The Morgan fingerprint density at radius 1 is 1.04 bits per heavy atom. The van der Waals surface area contributed by atoms with Crippen molar-refractivity contribution in [3.05, 3.63) is 84.0 Å². The molecule has 1 fully saturated rings. The summed E-state index contributed by atoms with van der Waals surface area (Å²) in [6, 6.07) is 14.1. The number of methoxy groups -OCH3 is 1. The molecule has 57 heavy (non-hydrogen) atoms. The molecule has 1 heterocycles. The largest absolute Gasteiger partial charge is 0.459 e. The standard InChI is InChI=1S/C43H59N3O11/c1-4-23-54-43-38(46(42(51)52-3)19-24-53-25-22-49)28-36(45-55-5-2)34-26-31(15-9-11-20-47)33(16-10-12-21-48)39(40(34)43)35-27-32(17-18-37(35)57-43)56-41(50)44-29-30-13-7-6-8-14-30/h4,6-8,13-14,17-18,26-27,31,33,38-40,47-49H,1,5,9-12,15-16,19-25,28-29H2,2-3H3,(H,44,50). The topological polar surface area (TPSA) is 178 Å². The predicted octanol–water partition coefficient (Wildman–Crippen LogP) is 5.71. The van der Waals surface area contributed by atoms with Crippen LogP contribution in [0.1, 0.15) is 68.9 Å². The number of unbranched alkanes of at least 4 members (excludes halogenated alkanes) is 2. The number of hydrogen-bond donors (Lipinski definition) is 4. The maximum atomic E-state index is 13.8. The Morgan fingerprint density at radius 2 is 1.81 bits per heavy atom. The Morgan fingerprint density at radius 3 is 2.51 bits per heavy atom. The summed E-state index contributed by atoms with van der Waals surface area (Å²) in [5.41, 5.74) is 3.26. The van der Waals surface area contributed by atoms with Gasteiger partial charge in [0.2, 0.25) is 5.79 Å². The van der Waals surface area contributed by atoms with Gasteiger partial charge < -0.3 is 49.2 Å². The van der Waals surface area contributed by atoms with Crippen LogP contribution in [0.3, 0.4) is 0 Å². The highest BCUT2D eigenvalue weighted by molar-refractivity contribution is 6.03. The summed E-state index contributed by atoms with van der Waals surface area (Å²) in [7, 11) is 1.32. The molecule has 0 saturated heterocycles. The van der Waals surface area contributed by atoms with Gasteiger partial charge in [0.1, 0.15) is 24.1 Å². The molecule has 0 aromatic heterocycles. The number of ether oxygens (including phenoxy) is 5. The van der Waals surface area contributed by atoms with Crippen LogP contribution in [0.5, 0.6) is 11.5 Å². The van der Waals surface area contributed by atoms with Crippen molar-refractivity contribution in [2.24, 2.45) is 22.9 Å². The van der Waals surface area contributed by atoms with E-state index in [1.54, 1.807) is 23.1 Å². The zero-order valence-electron chi connectivity index (χ0n) is 33.2. The van der Waals surface area contributed by atoms with Crippen LogP contribution in [-0.2, 0) is 25.6 Å². The van der Waals surface area contributed by atoms with E-state index in [2.05, 4.69) is 23.1 Å². The molecule has 4 N–H and O–H groups in total. The smallest absolute Gasteiger partial charge is 0.412 e. The molecule has 6 atom stereocenters. The fourth-order valence-corrected chi connectivity index (χ4v) is 8.59. The Bertz CT molecular complexity index is 1670. The first-order chi connectivity index (χ1) is 27.8. The van der Waals surface area contributed by atoms with Crippen molar-refractivity contribution in [3.63, 3.8) is 0 Å². The maximum absolute atomic E-state index is 13.8. The summed E-state index contributed by atoms with van der Waals surface area (Å²) in [4.78, 5) is 34.2. The number of aliphatic hydroxyl groups is 3. The van der Waals surface area contributed by atoms with E-state index in [1.165, 1.54) is 7.11 Å². The summed E-state index contributed by atoms with van der Waals surface area (Å²) >= 11 is 0. The van der Waals surface area contributed by atoms with Crippen LogP contribution in [0, 0.1) is 17.8 Å². The molecule has 14 nitrogen and oxygen atoms in total. The quantitative estimate of drug-likeness (QED) is 0.0653. The molecule has 0 bridgehead atoms. The summed E-state index contributed by atoms with van der Waals surface area (Å²) in [6.07, 6.45) is 7.19. The average molecular weight is 794 g/mol. The van der Waals surface area contributed by atoms with Gasteiger partial charge in [0.05, 0.1) is 45.2 Å². The van der Waals surface area contributed by atoms with Crippen LogP contribution < -0.4 is 14.8 Å². The van der Waals surface area contributed by atoms with E-state index in [4.69, 9.17) is 28.5 Å². The number of oxime groups is 1. The zero-order chi connectivity index (χ0) is 40.6. The molecular weight excluding hydrogens is 734 g/mol. The molecule has 1 saturated carbocycles. The number of nitrogens with one attached hydrogen (secondary N) is 1. The highest BCUT2D eigenvalue weighted by atomic mass is 16.7. The second-order valence-corrected chi connectivity index (χ2v) is 14.4. The number of benzene rings is 2. The van der Waals surface area contributed by atoms with Crippen molar-refractivity contribution in [3.8, 4) is 11.5 Å². The van der Waals surface area contributed by atoms with E-state index in [0.29, 0.717) is 43.2 Å². The summed E-state index contributed by atoms with van der Waals surface area (Å²) in [5, 5.41) is 36.5. The number of fused-ring (bicyclic) bond motifs is 2. The molecule has 1 aliphatic heterocycles. The van der Waals surface area contributed by atoms with Crippen LogP contribution in [-0.4, -0.2) is 110 Å². The van der Waals surface area contributed by atoms with Gasteiger partial charge in [0.15, 0.2) is 0 Å². The number of nitrogens with zero attached hydrogens (tertiary/aromatic N) is 2. The van der Waals surface area contributed by atoms with Crippen LogP contribution in [0.2, 0.25) is 0 Å². The van der Waals surface area contributed by atoms with Crippen molar-refractivity contribution in [2.75, 3.05) is 59.9 Å². The fraction of sp³-hybridized carbons (Fsp3) is 0.558. The predicted molar refractivity (Wildman–Crippen MR) is 213 cm³/mol. The monoisotopic (exact) mass is 793 g/mol. The molecule has 2 aliphatic carbocycles. The summed E-state index contributed by atoms with van der Waals surface area (Å²) in [6.45, 7) is 6.77. The zero-order valence-corrected chi connectivity index (χ0v) is 33.2. The molecule has 312 valence electrons. The van der Waals surface area contributed by atoms with Crippen molar-refractivity contribution >= 4 is 17.9 Å². The van der Waals surface area contributed by atoms with E-state index in [9.17, 15) is 24.9 Å². The van der Waals surface area contributed by atoms with Crippen molar-refractivity contribution in [1.82, 2.24) is 10.2 Å². The van der Waals surface area contributed by atoms with E-state index in [1.807, 2.05) is 43.3 Å². The Kier molecular flexibility index (Phi) is 16.8. The van der Waals surface area contributed by atoms with Crippen molar-refractivity contribution in [1.29, 1.82) is 0 Å². The van der Waals surface area contributed by atoms with E-state index in [0.717, 1.165) is 42.4 Å². The maximum Gasteiger partial charge on any atom is 0.412 e. The molecule has 3 aliphatic rings. The second kappa shape index (κ2) is 21.9. The van der Waals surface area contributed by atoms with Gasteiger partial charge in [-0.2, -0.15) is 0 Å². The van der Waals surface area contributed by atoms with E-state index < -0.39 is 29.9 Å². The molecule has 2 aromatic carbocycles. The SMILES string of the molecule is C=CCOC12Oc3ccc(OC(=O)NCc4ccccc4)cc3C3C(CCCCO)C(CCCCO)C=C(C(=NOCC)CC1N(CCOCCO)C(=O)OC)C32. The van der Waals surface area contributed by atoms with Crippen molar-refractivity contribution in [2.45, 2.75) is 76.2 Å². The first kappa shape index (κ1) is 43.6. The Hall–Kier alpha value is -4.47. The first-order valence-electron chi connectivity index (χ1n) is 20.1. The van der Waals surface area contributed by atoms with E-state index in [-0.39, 0.29) is 70.4 Å². The third-order valence-electron chi connectivity index (χ3n) is 10.9. The first-order valence-corrected chi connectivity index (χ1v) is 20.1. The van der Waals surface area contributed by atoms with E-state index >= 15 is 0 Å². The number of carbonyl (C=O) groups excluding carboxylic acids is 2. The normalized spacial score (nSPS) is 24.0. The highest BCUT2D eigenvalue weighted by Gasteiger charge is 2.65. The van der Waals surface area contributed by atoms with Gasteiger partial charge in [0.25, 0.3) is 0 Å². The minimum Gasteiger partial charge on any atom is -0.459 e. The van der Waals surface area contributed by atoms with Gasteiger partial charge in [-0.1, -0.05) is 60.5 Å². The lowest BCUT2D eigenvalue weighted by Crippen LogP contribution is -2.70. The van der Waals surface area contributed by atoms with Crippen LogP contribution in [0.4, 0.5) is 9.59 Å². The number of allylic oxidation sites excluding steroid dienone is 1. The number of amides is 2. The molecule has 2 aromatic rings. The average Bonchev–Trinajstić information content (AvgIpc) is 3.23. The minimum absolute atomic E-state index is 0.0212. The fourth-order valence-electron chi connectivity index (χ4n) is 8.59. The van der Waals surface area contributed by atoms with Gasteiger partial charge in [-0.25, -0.2) is 9.59 Å². The summed E-state index contributed by atoms with van der Waals surface area (Å²) < 4.78 is 30.9. The molecule has 0 spiro atoms. The third-order valence-corrected chi connectivity index (χ3v) is 10.9. The molecule has 2 amide bonds. The van der Waals surface area contributed by atoms with Gasteiger partial charge in [-0.15, -0.1) is 6.58 Å². The molecule has 0 radical (unpaired) electrons. The summed E-state index contributed by atoms with van der Waals surface area (Å²) in [5.74, 6) is -1.51. The lowest BCUT2D eigenvalue weighted by Gasteiger charge is -2.59.